The molecule has 4 N–H and O–H groups in total. The maximum Gasteiger partial charge on any atom is 0.160 e. The third-order valence-electron chi connectivity index (χ3n) is 2.19. The first-order valence-corrected chi connectivity index (χ1v) is 6.22. The average molecular weight is 264 g/mol. The summed E-state index contributed by atoms with van der Waals surface area (Å²) in [5, 5.41) is 7.32. The van der Waals surface area contributed by atoms with Crippen LogP contribution in [0.1, 0.15) is 15.2 Å². The number of hydrogen-bond acceptors (Lipinski definition) is 5. The fraction of sp³-hybridized carbons (Fsp3) is 0.154. The van der Waals surface area contributed by atoms with Crippen molar-refractivity contribution in [3.63, 3.8) is 0 Å². The fourth-order valence-electron chi connectivity index (χ4n) is 1.42. The Hall–Kier alpha value is -1.53. The Morgan fingerprint density at radius 3 is 2.67 bits per heavy atom. The van der Waals surface area contributed by atoms with Crippen molar-refractivity contribution < 1.29 is 10.0 Å². The van der Waals surface area contributed by atoms with Crippen molar-refractivity contribution >= 4 is 17.6 Å². The Bertz CT molecular complexity index is 497. The standard InChI is InChI=1S/C12H11NOS.CH5NO/c13-7-9-2-1-3-10(6-9)12-5-4-11(8-14)15-12;1-2-3/h1-6,8H,7,13H2;2-3H,1H3. The Kier molecular flexibility index (Phi) is 6.24. The number of benzene rings is 1. The molecule has 0 fully saturated rings. The number of aldehydes is 1. The van der Waals surface area contributed by atoms with Gasteiger partial charge in [-0.3, -0.25) is 4.79 Å². The van der Waals surface area contributed by atoms with Gasteiger partial charge in [0.15, 0.2) is 6.29 Å². The molecule has 4 nitrogen and oxygen atoms in total. The highest BCUT2D eigenvalue weighted by molar-refractivity contribution is 7.17. The molecule has 18 heavy (non-hydrogen) atoms. The summed E-state index contributed by atoms with van der Waals surface area (Å²) in [5.74, 6) is 0. The molecule has 5 heteroatoms. The van der Waals surface area contributed by atoms with Gasteiger partial charge in [0, 0.05) is 18.5 Å². The molecular weight excluding hydrogens is 248 g/mol. The summed E-state index contributed by atoms with van der Waals surface area (Å²) in [5.41, 5.74) is 9.55. The molecule has 0 atom stereocenters. The van der Waals surface area contributed by atoms with Gasteiger partial charge < -0.3 is 10.9 Å². The Morgan fingerprint density at radius 2 is 2.11 bits per heavy atom. The molecule has 1 heterocycles. The van der Waals surface area contributed by atoms with E-state index in [2.05, 4.69) is 6.07 Å². The second kappa shape index (κ2) is 7.73. The third-order valence-corrected chi connectivity index (χ3v) is 3.25. The van der Waals surface area contributed by atoms with Crippen LogP contribution in [0.15, 0.2) is 36.4 Å². The Balaban J connectivity index is 0.000000492. The van der Waals surface area contributed by atoms with E-state index in [1.165, 1.54) is 18.4 Å². The van der Waals surface area contributed by atoms with Gasteiger partial charge in [0.05, 0.1) is 4.88 Å². The zero-order chi connectivity index (χ0) is 13.4. The van der Waals surface area contributed by atoms with Crippen LogP contribution >= 0.6 is 11.3 Å². The topological polar surface area (TPSA) is 75.3 Å². The fourth-order valence-corrected chi connectivity index (χ4v) is 2.24. The molecule has 0 aliphatic carbocycles. The molecule has 2 aromatic rings. The number of rotatable bonds is 3. The molecule has 0 amide bonds. The van der Waals surface area contributed by atoms with E-state index in [4.69, 9.17) is 10.9 Å². The first-order valence-electron chi connectivity index (χ1n) is 5.40. The minimum atomic E-state index is 0.541. The SMILES string of the molecule is CNO.NCc1cccc(-c2ccc(C=O)s2)c1. The molecular formula is C13H16N2O2S. The van der Waals surface area contributed by atoms with E-state index in [-0.39, 0.29) is 0 Å². The third kappa shape index (κ3) is 4.05. The van der Waals surface area contributed by atoms with Gasteiger partial charge in [-0.25, -0.2) is 5.48 Å². The quantitative estimate of drug-likeness (QED) is 0.587. The molecule has 0 bridgehead atoms. The normalized spacial score (nSPS) is 9.50. The zero-order valence-corrected chi connectivity index (χ0v) is 10.9. The van der Waals surface area contributed by atoms with Crippen LogP contribution < -0.4 is 11.2 Å². The smallest absolute Gasteiger partial charge is 0.160 e. The van der Waals surface area contributed by atoms with Crippen LogP contribution in [0, 0.1) is 0 Å². The zero-order valence-electron chi connectivity index (χ0n) is 10.1. The largest absolute Gasteiger partial charge is 0.326 e. The lowest BCUT2D eigenvalue weighted by atomic mass is 10.1. The summed E-state index contributed by atoms with van der Waals surface area (Å²) in [6, 6.07) is 11.9. The summed E-state index contributed by atoms with van der Waals surface area (Å²) in [4.78, 5) is 12.4. The second-order valence-electron chi connectivity index (χ2n) is 3.45. The van der Waals surface area contributed by atoms with E-state index in [9.17, 15) is 4.79 Å². The molecule has 0 aliphatic heterocycles. The number of hydroxylamine groups is 1. The lowest BCUT2D eigenvalue weighted by Crippen LogP contribution is -1.95. The van der Waals surface area contributed by atoms with Gasteiger partial charge in [0.25, 0.3) is 0 Å². The van der Waals surface area contributed by atoms with Gasteiger partial charge in [-0.05, 0) is 29.3 Å². The maximum absolute atomic E-state index is 10.6. The Morgan fingerprint density at radius 1 is 1.39 bits per heavy atom. The maximum atomic E-state index is 10.6. The molecule has 0 saturated carbocycles. The number of hydrogen-bond donors (Lipinski definition) is 3. The van der Waals surface area contributed by atoms with Crippen molar-refractivity contribution in [2.75, 3.05) is 7.05 Å². The van der Waals surface area contributed by atoms with Crippen molar-refractivity contribution in [1.29, 1.82) is 0 Å². The summed E-state index contributed by atoms with van der Waals surface area (Å²) in [7, 11) is 1.43. The van der Waals surface area contributed by atoms with E-state index in [0.29, 0.717) is 6.54 Å². The molecule has 0 spiro atoms. The van der Waals surface area contributed by atoms with Crippen molar-refractivity contribution in [2.24, 2.45) is 5.73 Å². The highest BCUT2D eigenvalue weighted by atomic mass is 32.1. The van der Waals surface area contributed by atoms with Crippen LogP contribution in [0.5, 0.6) is 0 Å². The van der Waals surface area contributed by atoms with E-state index >= 15 is 0 Å². The lowest BCUT2D eigenvalue weighted by molar-refractivity contribution is 0.112. The van der Waals surface area contributed by atoms with Gasteiger partial charge in [-0.2, -0.15) is 0 Å². The van der Waals surface area contributed by atoms with Gasteiger partial charge in [-0.15, -0.1) is 11.3 Å². The molecule has 1 aromatic heterocycles. The van der Waals surface area contributed by atoms with Crippen LogP contribution in [-0.4, -0.2) is 18.5 Å². The molecule has 0 saturated heterocycles. The van der Waals surface area contributed by atoms with Crippen molar-refractivity contribution in [1.82, 2.24) is 5.48 Å². The number of thiophene rings is 1. The van der Waals surface area contributed by atoms with Crippen LogP contribution in [-0.2, 0) is 6.54 Å². The Labute approximate surface area is 110 Å². The predicted molar refractivity (Wildman–Crippen MR) is 73.9 cm³/mol. The summed E-state index contributed by atoms with van der Waals surface area (Å²) < 4.78 is 0. The number of carbonyl (C=O) groups excluding carboxylic acids is 1. The van der Waals surface area contributed by atoms with E-state index in [1.54, 1.807) is 5.48 Å². The van der Waals surface area contributed by atoms with Gasteiger partial charge >= 0.3 is 0 Å². The highest BCUT2D eigenvalue weighted by Gasteiger charge is 2.02. The van der Waals surface area contributed by atoms with Crippen molar-refractivity contribution in [3.05, 3.63) is 46.8 Å². The highest BCUT2D eigenvalue weighted by Crippen LogP contribution is 2.27. The summed E-state index contributed by atoms with van der Waals surface area (Å²) in [6.07, 6.45) is 0.876. The van der Waals surface area contributed by atoms with Crippen LogP contribution in [0.2, 0.25) is 0 Å². The number of carbonyl (C=O) groups is 1. The van der Waals surface area contributed by atoms with Crippen LogP contribution in [0.25, 0.3) is 10.4 Å². The van der Waals surface area contributed by atoms with Crippen LogP contribution in [0.3, 0.4) is 0 Å². The van der Waals surface area contributed by atoms with E-state index < -0.39 is 0 Å². The van der Waals surface area contributed by atoms with E-state index in [1.807, 2.05) is 30.3 Å². The average Bonchev–Trinajstić information content (AvgIpc) is 2.88. The monoisotopic (exact) mass is 264 g/mol. The van der Waals surface area contributed by atoms with E-state index in [0.717, 1.165) is 27.2 Å². The molecule has 0 radical (unpaired) electrons. The second-order valence-corrected chi connectivity index (χ2v) is 4.56. The molecule has 1 aromatic carbocycles. The number of nitrogens with one attached hydrogen (secondary N) is 1. The minimum absolute atomic E-state index is 0.541. The minimum Gasteiger partial charge on any atom is -0.326 e. The van der Waals surface area contributed by atoms with Gasteiger partial charge in [0.2, 0.25) is 0 Å². The lowest BCUT2D eigenvalue weighted by Gasteiger charge is -2.00. The molecule has 2 rings (SSSR count). The summed E-state index contributed by atoms with van der Waals surface area (Å²) >= 11 is 1.50. The predicted octanol–water partition coefficient (Wildman–Crippen LogP) is 2.28. The molecule has 0 unspecified atom stereocenters. The van der Waals surface area contributed by atoms with Gasteiger partial charge in [0.1, 0.15) is 0 Å². The molecule has 96 valence electrons. The summed E-state index contributed by atoms with van der Waals surface area (Å²) in [6.45, 7) is 0.541. The number of nitrogens with two attached hydrogens (primary N) is 1. The molecule has 0 aliphatic rings. The first kappa shape index (κ1) is 14.5. The van der Waals surface area contributed by atoms with Crippen molar-refractivity contribution in [3.8, 4) is 10.4 Å². The first-order chi connectivity index (χ1) is 8.74. The van der Waals surface area contributed by atoms with Crippen molar-refractivity contribution in [2.45, 2.75) is 6.54 Å². The van der Waals surface area contributed by atoms with Crippen LogP contribution in [0.4, 0.5) is 0 Å². The van der Waals surface area contributed by atoms with Gasteiger partial charge in [-0.1, -0.05) is 18.2 Å².